The summed E-state index contributed by atoms with van der Waals surface area (Å²) < 4.78 is 36.4. The summed E-state index contributed by atoms with van der Waals surface area (Å²) in [4.78, 5) is 4.63. The minimum atomic E-state index is -3.04. The van der Waals surface area contributed by atoms with Gasteiger partial charge in [0.2, 0.25) is 0 Å². The number of hydrogen-bond acceptors (Lipinski definition) is 3. The molecule has 0 aromatic heterocycles. The molecule has 0 atom stereocenters. The zero-order chi connectivity index (χ0) is 20.9. The standard InChI is InChI=1S/C22H28FN3O2S.HI/c1-3-24-21(25-14-17-7-9-18(10-8-17)15-29(2,27)28)26-16-22(11-12-22)19-5-4-6-20(23)13-19;/h4-10,13H,3,11-12,14-16H2,1-2H3,(H2,24,25,26);1H. The molecule has 2 aromatic carbocycles. The summed E-state index contributed by atoms with van der Waals surface area (Å²) in [5.41, 5.74) is 2.79. The Morgan fingerprint density at radius 1 is 1.10 bits per heavy atom. The third-order valence-electron chi connectivity index (χ3n) is 5.10. The topological polar surface area (TPSA) is 70.6 Å². The molecule has 1 saturated carbocycles. The van der Waals surface area contributed by atoms with Crippen LogP contribution in [0.2, 0.25) is 0 Å². The van der Waals surface area contributed by atoms with Gasteiger partial charge in [-0.05, 0) is 48.6 Å². The third kappa shape index (κ3) is 7.23. The molecule has 0 heterocycles. The van der Waals surface area contributed by atoms with Gasteiger partial charge >= 0.3 is 0 Å². The van der Waals surface area contributed by atoms with Crippen LogP contribution in [0.5, 0.6) is 0 Å². The number of hydrogen-bond donors (Lipinski definition) is 2. The van der Waals surface area contributed by atoms with Crippen LogP contribution in [0.1, 0.15) is 36.5 Å². The Kier molecular flexibility index (Phi) is 8.66. The minimum absolute atomic E-state index is 0. The van der Waals surface area contributed by atoms with Gasteiger partial charge in [0.1, 0.15) is 5.82 Å². The van der Waals surface area contributed by atoms with Crippen molar-refractivity contribution in [3.63, 3.8) is 0 Å². The van der Waals surface area contributed by atoms with E-state index in [4.69, 9.17) is 0 Å². The van der Waals surface area contributed by atoms with E-state index in [-0.39, 0.29) is 41.0 Å². The maximum atomic E-state index is 13.6. The van der Waals surface area contributed by atoms with Crippen molar-refractivity contribution in [2.45, 2.75) is 37.5 Å². The van der Waals surface area contributed by atoms with Gasteiger partial charge in [0.25, 0.3) is 0 Å². The van der Waals surface area contributed by atoms with Crippen LogP contribution in [0.4, 0.5) is 4.39 Å². The number of sulfone groups is 1. The zero-order valence-corrected chi connectivity index (χ0v) is 20.5. The van der Waals surface area contributed by atoms with Gasteiger partial charge < -0.3 is 10.6 Å². The van der Waals surface area contributed by atoms with Crippen LogP contribution in [0.3, 0.4) is 0 Å². The molecule has 30 heavy (non-hydrogen) atoms. The average Bonchev–Trinajstić information content (AvgIpc) is 3.45. The molecule has 0 spiro atoms. The molecule has 3 rings (SSSR count). The van der Waals surface area contributed by atoms with Gasteiger partial charge in [-0.3, -0.25) is 0 Å². The van der Waals surface area contributed by atoms with Crippen LogP contribution < -0.4 is 10.6 Å². The molecule has 0 saturated heterocycles. The highest BCUT2D eigenvalue weighted by Crippen LogP contribution is 2.47. The van der Waals surface area contributed by atoms with Crippen molar-refractivity contribution in [2.75, 3.05) is 19.3 Å². The summed E-state index contributed by atoms with van der Waals surface area (Å²) in [6, 6.07) is 14.3. The highest BCUT2D eigenvalue weighted by Gasteiger charge is 2.44. The summed E-state index contributed by atoms with van der Waals surface area (Å²) in [7, 11) is -3.04. The van der Waals surface area contributed by atoms with Crippen LogP contribution in [-0.2, 0) is 27.5 Å². The zero-order valence-electron chi connectivity index (χ0n) is 17.3. The van der Waals surface area contributed by atoms with E-state index in [0.717, 1.165) is 42.0 Å². The highest BCUT2D eigenvalue weighted by atomic mass is 127. The van der Waals surface area contributed by atoms with Crippen LogP contribution in [0.15, 0.2) is 53.5 Å². The summed E-state index contributed by atoms with van der Waals surface area (Å²) in [5, 5.41) is 6.64. The van der Waals surface area contributed by atoms with E-state index in [2.05, 4.69) is 15.6 Å². The van der Waals surface area contributed by atoms with Crippen molar-refractivity contribution in [1.29, 1.82) is 0 Å². The fourth-order valence-corrected chi connectivity index (χ4v) is 4.14. The summed E-state index contributed by atoms with van der Waals surface area (Å²) in [6.45, 7) is 3.94. The Bertz CT molecular complexity index is 974. The summed E-state index contributed by atoms with van der Waals surface area (Å²) in [6.07, 6.45) is 3.30. The van der Waals surface area contributed by atoms with Crippen LogP contribution in [-0.4, -0.2) is 33.7 Å². The fourth-order valence-electron chi connectivity index (χ4n) is 3.35. The SMILES string of the molecule is CCNC(=NCc1ccc(CS(C)(=O)=O)cc1)NCC1(c2cccc(F)c2)CC1.I. The molecule has 1 aliphatic carbocycles. The summed E-state index contributed by atoms with van der Waals surface area (Å²) in [5.74, 6) is 0.562. The lowest BCUT2D eigenvalue weighted by Crippen LogP contribution is -2.41. The predicted octanol–water partition coefficient (Wildman–Crippen LogP) is 3.78. The lowest BCUT2D eigenvalue weighted by Gasteiger charge is -2.19. The van der Waals surface area contributed by atoms with Gasteiger partial charge in [-0.25, -0.2) is 17.8 Å². The van der Waals surface area contributed by atoms with E-state index in [1.165, 1.54) is 12.3 Å². The van der Waals surface area contributed by atoms with E-state index in [1.54, 1.807) is 12.1 Å². The van der Waals surface area contributed by atoms with Crippen LogP contribution in [0.25, 0.3) is 0 Å². The first-order valence-corrected chi connectivity index (χ1v) is 11.9. The second-order valence-corrected chi connectivity index (χ2v) is 9.87. The van der Waals surface area contributed by atoms with E-state index < -0.39 is 9.84 Å². The Morgan fingerprint density at radius 2 is 1.77 bits per heavy atom. The smallest absolute Gasteiger partial charge is 0.191 e. The van der Waals surface area contributed by atoms with E-state index in [9.17, 15) is 12.8 Å². The Morgan fingerprint density at radius 3 is 2.33 bits per heavy atom. The van der Waals surface area contributed by atoms with Gasteiger partial charge in [-0.2, -0.15) is 0 Å². The first-order valence-electron chi connectivity index (χ1n) is 9.83. The molecule has 164 valence electrons. The molecule has 2 N–H and O–H groups in total. The number of guanidine groups is 1. The lowest BCUT2D eigenvalue weighted by molar-refractivity contribution is 0.601. The third-order valence-corrected chi connectivity index (χ3v) is 5.96. The highest BCUT2D eigenvalue weighted by molar-refractivity contribution is 14.0. The number of nitrogens with one attached hydrogen (secondary N) is 2. The number of halogens is 2. The Labute approximate surface area is 195 Å². The van der Waals surface area contributed by atoms with Crippen molar-refractivity contribution in [3.8, 4) is 0 Å². The van der Waals surface area contributed by atoms with E-state index in [0.29, 0.717) is 13.1 Å². The largest absolute Gasteiger partial charge is 0.357 e. The minimum Gasteiger partial charge on any atom is -0.357 e. The van der Waals surface area contributed by atoms with Crippen molar-refractivity contribution < 1.29 is 12.8 Å². The molecule has 0 unspecified atom stereocenters. The monoisotopic (exact) mass is 545 g/mol. The van der Waals surface area contributed by atoms with Crippen molar-refractivity contribution in [1.82, 2.24) is 10.6 Å². The van der Waals surface area contributed by atoms with Gasteiger partial charge in [0.05, 0.1) is 12.3 Å². The molecule has 0 radical (unpaired) electrons. The molecule has 8 heteroatoms. The average molecular weight is 545 g/mol. The first-order chi connectivity index (χ1) is 13.8. The van der Waals surface area contributed by atoms with Gasteiger partial charge in [-0.1, -0.05) is 36.4 Å². The van der Waals surface area contributed by atoms with Crippen LogP contribution in [0, 0.1) is 5.82 Å². The number of nitrogens with zero attached hydrogens (tertiary/aromatic N) is 1. The van der Waals surface area contributed by atoms with Gasteiger partial charge in [0, 0.05) is 24.8 Å². The first kappa shape index (κ1) is 24.6. The number of rotatable bonds is 8. The molecule has 1 fully saturated rings. The molecule has 5 nitrogen and oxygen atoms in total. The molecular weight excluding hydrogens is 516 g/mol. The second kappa shape index (κ2) is 10.6. The Hall–Kier alpha value is -1.68. The quantitative estimate of drug-likeness (QED) is 0.301. The van der Waals surface area contributed by atoms with Gasteiger partial charge in [-0.15, -0.1) is 24.0 Å². The number of aliphatic imine (C=N–C) groups is 1. The molecule has 1 aliphatic rings. The van der Waals surface area contributed by atoms with Crippen molar-refractivity contribution in [3.05, 3.63) is 71.0 Å². The number of benzene rings is 2. The fraction of sp³-hybridized carbons (Fsp3) is 0.409. The second-order valence-electron chi connectivity index (χ2n) is 7.73. The van der Waals surface area contributed by atoms with E-state index in [1.807, 2.05) is 37.3 Å². The predicted molar refractivity (Wildman–Crippen MR) is 131 cm³/mol. The molecular formula is C22H29FIN3O2S. The van der Waals surface area contributed by atoms with Crippen molar-refractivity contribution >= 4 is 39.8 Å². The molecule has 0 bridgehead atoms. The van der Waals surface area contributed by atoms with E-state index >= 15 is 0 Å². The summed E-state index contributed by atoms with van der Waals surface area (Å²) >= 11 is 0. The maximum Gasteiger partial charge on any atom is 0.191 e. The Balaban J connectivity index is 0.00000320. The lowest BCUT2D eigenvalue weighted by atomic mass is 9.96. The van der Waals surface area contributed by atoms with Gasteiger partial charge in [0.15, 0.2) is 15.8 Å². The van der Waals surface area contributed by atoms with Crippen molar-refractivity contribution in [2.24, 2.45) is 4.99 Å². The normalized spacial score (nSPS) is 15.2. The molecule has 0 amide bonds. The maximum absolute atomic E-state index is 13.6. The van der Waals surface area contributed by atoms with Crippen LogP contribution >= 0.6 is 24.0 Å². The molecule has 0 aliphatic heterocycles. The molecule has 2 aromatic rings.